The minimum Gasteiger partial charge on any atom is -0.492 e. The van der Waals surface area contributed by atoms with Crippen molar-refractivity contribution in [3.8, 4) is 5.75 Å². The maximum atomic E-state index is 12.3. The Morgan fingerprint density at radius 3 is 2.81 bits per heavy atom. The Morgan fingerprint density at radius 1 is 1.48 bits per heavy atom. The maximum Gasteiger partial charge on any atom is 0.178 e. The van der Waals surface area contributed by atoms with Gasteiger partial charge in [0.1, 0.15) is 5.00 Å². The maximum absolute atomic E-state index is 12.3. The molecular formula is C15H23N3O2S. The number of anilines is 2. The van der Waals surface area contributed by atoms with E-state index in [2.05, 4.69) is 17.3 Å². The van der Waals surface area contributed by atoms with Crippen molar-refractivity contribution in [3.05, 3.63) is 4.88 Å². The molecule has 3 rings (SSSR count). The largest absolute Gasteiger partial charge is 0.492 e. The van der Waals surface area contributed by atoms with E-state index in [1.807, 2.05) is 0 Å². The van der Waals surface area contributed by atoms with E-state index in [0.29, 0.717) is 22.2 Å². The Bertz CT molecular complexity index is 539. The predicted octanol–water partition coefficient (Wildman–Crippen LogP) is 2.30. The summed E-state index contributed by atoms with van der Waals surface area (Å²) >= 11 is 1.45. The van der Waals surface area contributed by atoms with Crippen LogP contribution in [0, 0.1) is 11.8 Å². The Kier molecular flexibility index (Phi) is 4.08. The first-order valence-corrected chi connectivity index (χ1v) is 8.34. The minimum absolute atomic E-state index is 0.185. The zero-order valence-electron chi connectivity index (χ0n) is 12.6. The van der Waals surface area contributed by atoms with Crippen LogP contribution >= 0.6 is 11.3 Å². The number of nitrogens with two attached hydrogens (primary N) is 1. The number of carbonyl (C=O) groups is 1. The van der Waals surface area contributed by atoms with Crippen molar-refractivity contribution in [2.24, 2.45) is 11.8 Å². The summed E-state index contributed by atoms with van der Waals surface area (Å²) in [6.07, 6.45) is 3.20. The predicted molar refractivity (Wildman–Crippen MR) is 86.4 cm³/mol. The van der Waals surface area contributed by atoms with Gasteiger partial charge in [0.15, 0.2) is 11.5 Å². The summed E-state index contributed by atoms with van der Waals surface area (Å²) in [4.78, 5) is 15.3. The Labute approximate surface area is 129 Å². The van der Waals surface area contributed by atoms with Gasteiger partial charge in [-0.15, -0.1) is 11.3 Å². The lowest BCUT2D eigenvalue weighted by molar-refractivity contribution is 0.0972. The number of hydrogen-bond acceptors (Lipinski definition) is 6. The zero-order chi connectivity index (χ0) is 15.0. The molecule has 1 aromatic rings. The number of likely N-dealkylation sites (tertiary alicyclic amines) is 1. The van der Waals surface area contributed by atoms with Crippen molar-refractivity contribution in [3.63, 3.8) is 0 Å². The van der Waals surface area contributed by atoms with E-state index in [1.54, 1.807) is 7.11 Å². The minimum atomic E-state index is 0.185. The van der Waals surface area contributed by atoms with E-state index in [1.165, 1.54) is 17.8 Å². The highest BCUT2D eigenvalue weighted by Gasteiger charge is 2.34. The average Bonchev–Trinajstić information content (AvgIpc) is 3.16. The van der Waals surface area contributed by atoms with Crippen LogP contribution in [0.25, 0.3) is 0 Å². The molecule has 1 saturated carbocycles. The second-order valence-electron chi connectivity index (χ2n) is 6.14. The second-order valence-corrected chi connectivity index (χ2v) is 7.16. The van der Waals surface area contributed by atoms with Gasteiger partial charge in [0.2, 0.25) is 0 Å². The zero-order valence-corrected chi connectivity index (χ0v) is 13.5. The summed E-state index contributed by atoms with van der Waals surface area (Å²) in [5.74, 6) is 1.65. The first-order chi connectivity index (χ1) is 10.1. The molecule has 1 aromatic heterocycles. The van der Waals surface area contributed by atoms with Gasteiger partial charge in [-0.2, -0.15) is 0 Å². The molecule has 0 bridgehead atoms. The van der Waals surface area contributed by atoms with Gasteiger partial charge in [0.25, 0.3) is 0 Å². The fraction of sp³-hybridized carbons (Fsp3) is 0.667. The molecule has 5 nitrogen and oxygen atoms in total. The molecule has 1 aliphatic carbocycles. The van der Waals surface area contributed by atoms with Crippen molar-refractivity contribution in [2.45, 2.75) is 19.3 Å². The third-order valence-corrected chi connectivity index (χ3v) is 5.47. The summed E-state index contributed by atoms with van der Waals surface area (Å²) in [6, 6.07) is 0. The van der Waals surface area contributed by atoms with Gasteiger partial charge in [-0.05, 0) is 38.8 Å². The summed E-state index contributed by atoms with van der Waals surface area (Å²) in [6.45, 7) is 3.17. The molecule has 1 unspecified atom stereocenters. The van der Waals surface area contributed by atoms with Gasteiger partial charge >= 0.3 is 0 Å². The average molecular weight is 309 g/mol. The quantitative estimate of drug-likeness (QED) is 0.789. The smallest absolute Gasteiger partial charge is 0.178 e. The van der Waals surface area contributed by atoms with Crippen LogP contribution < -0.4 is 15.8 Å². The molecule has 6 heteroatoms. The first kappa shape index (κ1) is 14.7. The van der Waals surface area contributed by atoms with E-state index in [0.717, 1.165) is 37.5 Å². The monoisotopic (exact) mass is 309 g/mol. The summed E-state index contributed by atoms with van der Waals surface area (Å²) < 4.78 is 5.40. The molecule has 0 spiro atoms. The number of ketones is 1. The highest BCUT2D eigenvalue weighted by atomic mass is 32.1. The molecule has 116 valence electrons. The van der Waals surface area contributed by atoms with E-state index >= 15 is 0 Å². The number of nitrogens with zero attached hydrogens (tertiary/aromatic N) is 1. The second kappa shape index (κ2) is 5.85. The van der Waals surface area contributed by atoms with E-state index < -0.39 is 0 Å². The molecule has 2 heterocycles. The highest BCUT2D eigenvalue weighted by molar-refractivity contribution is 7.19. The number of ether oxygens (including phenoxy) is 1. The third kappa shape index (κ3) is 3.01. The molecule has 0 amide bonds. The molecule has 1 atom stereocenters. The first-order valence-electron chi connectivity index (χ1n) is 7.53. The summed E-state index contributed by atoms with van der Waals surface area (Å²) in [5.41, 5.74) is 6.61. The lowest BCUT2D eigenvalue weighted by Gasteiger charge is -2.12. The van der Waals surface area contributed by atoms with E-state index in [9.17, 15) is 4.79 Å². The molecule has 0 aromatic carbocycles. The van der Waals surface area contributed by atoms with Crippen LogP contribution in [0.3, 0.4) is 0 Å². The Morgan fingerprint density at radius 2 is 2.24 bits per heavy atom. The van der Waals surface area contributed by atoms with Gasteiger partial charge < -0.3 is 20.7 Å². The van der Waals surface area contributed by atoms with Crippen molar-refractivity contribution < 1.29 is 9.53 Å². The summed E-state index contributed by atoms with van der Waals surface area (Å²) in [5, 5.41) is 4.33. The highest BCUT2D eigenvalue weighted by Crippen LogP contribution is 2.46. The van der Waals surface area contributed by atoms with E-state index in [4.69, 9.17) is 10.5 Å². The van der Waals surface area contributed by atoms with Gasteiger partial charge in [-0.1, -0.05) is 0 Å². The number of hydrogen-bond donors (Lipinski definition) is 2. The van der Waals surface area contributed by atoms with Crippen LogP contribution in [-0.2, 0) is 0 Å². The van der Waals surface area contributed by atoms with Crippen LogP contribution in [0.4, 0.5) is 10.7 Å². The molecule has 3 N–H and O–H groups in total. The van der Waals surface area contributed by atoms with Crippen LogP contribution in [0.15, 0.2) is 0 Å². The topological polar surface area (TPSA) is 67.6 Å². The van der Waals surface area contributed by atoms with E-state index in [-0.39, 0.29) is 11.7 Å². The van der Waals surface area contributed by atoms with Crippen LogP contribution in [0.2, 0.25) is 0 Å². The molecule has 1 aliphatic heterocycles. The number of rotatable bonds is 6. The van der Waals surface area contributed by atoms with Crippen LogP contribution in [0.5, 0.6) is 5.75 Å². The number of carbonyl (C=O) groups excluding carboxylic acids is 1. The van der Waals surface area contributed by atoms with Gasteiger partial charge in [0, 0.05) is 19.0 Å². The standard InChI is InChI=1S/C15H23N3O2S/c1-18-6-5-9(8-18)7-17-15-13(20-2)11(16)14(21-15)12(19)10-3-4-10/h9-10,17H,3-8,16H2,1-2H3. The number of nitrogens with one attached hydrogen (secondary N) is 1. The van der Waals surface area contributed by atoms with Crippen molar-refractivity contribution in [1.82, 2.24) is 4.90 Å². The molecule has 2 aliphatic rings. The van der Waals surface area contributed by atoms with Gasteiger partial charge in [0.05, 0.1) is 17.7 Å². The third-order valence-electron chi connectivity index (χ3n) is 4.32. The fourth-order valence-electron chi connectivity index (χ4n) is 2.89. The van der Waals surface area contributed by atoms with Crippen molar-refractivity contribution in [1.29, 1.82) is 0 Å². The lowest BCUT2D eigenvalue weighted by atomic mass is 10.1. The lowest BCUT2D eigenvalue weighted by Crippen LogP contribution is -2.18. The molecule has 21 heavy (non-hydrogen) atoms. The Hall–Kier alpha value is -1.27. The summed E-state index contributed by atoms with van der Waals surface area (Å²) in [7, 11) is 3.76. The number of methoxy groups -OCH3 is 1. The molecule has 1 saturated heterocycles. The van der Waals surface area contributed by atoms with Crippen molar-refractivity contribution in [2.75, 3.05) is 44.8 Å². The van der Waals surface area contributed by atoms with Gasteiger partial charge in [-0.3, -0.25) is 4.79 Å². The van der Waals surface area contributed by atoms with Crippen LogP contribution in [0.1, 0.15) is 28.9 Å². The molecule has 2 fully saturated rings. The Balaban J connectivity index is 1.71. The van der Waals surface area contributed by atoms with Crippen molar-refractivity contribution >= 4 is 27.8 Å². The molecular weight excluding hydrogens is 286 g/mol. The number of Topliss-reactive ketones (excluding diaryl/α,β-unsaturated/α-hetero) is 1. The number of thiophene rings is 1. The SMILES string of the molecule is COc1c(NCC2CCN(C)C2)sc(C(=O)C2CC2)c1N. The van der Waals surface area contributed by atoms with Crippen LogP contribution in [-0.4, -0.2) is 44.5 Å². The normalized spacial score (nSPS) is 22.5. The number of nitrogen functional groups attached to an aromatic ring is 1. The van der Waals surface area contributed by atoms with Gasteiger partial charge in [-0.25, -0.2) is 0 Å². The molecule has 0 radical (unpaired) electrons. The fourth-order valence-corrected chi connectivity index (χ4v) is 4.01.